The van der Waals surface area contributed by atoms with Crippen LogP contribution in [-0.4, -0.2) is 24.5 Å². The lowest BCUT2D eigenvalue weighted by atomic mass is 9.52. The molecule has 0 radical (unpaired) electrons. The maximum atomic E-state index is 13.3. The molecular formula is C22H37NO3. The molecule has 1 aliphatic heterocycles. The first-order valence-corrected chi connectivity index (χ1v) is 10.5. The van der Waals surface area contributed by atoms with E-state index < -0.39 is 10.8 Å². The minimum atomic E-state index is -0.568. The predicted octanol–water partition coefficient (Wildman–Crippen LogP) is 4.32. The molecule has 4 nitrogen and oxygen atoms in total. The Morgan fingerprint density at radius 2 is 1.85 bits per heavy atom. The van der Waals surface area contributed by atoms with Crippen LogP contribution >= 0.6 is 0 Å². The summed E-state index contributed by atoms with van der Waals surface area (Å²) in [5.41, 5.74) is -1.05. The van der Waals surface area contributed by atoms with E-state index in [9.17, 15) is 9.59 Å². The van der Waals surface area contributed by atoms with E-state index in [1.807, 2.05) is 13.8 Å². The third-order valence-electron chi connectivity index (χ3n) is 7.35. The van der Waals surface area contributed by atoms with Crippen LogP contribution in [0.3, 0.4) is 0 Å². The average molecular weight is 364 g/mol. The number of ether oxygens (including phenoxy) is 1. The molecule has 2 saturated carbocycles. The third kappa shape index (κ3) is 3.53. The molecule has 1 N–H and O–H groups in total. The summed E-state index contributed by atoms with van der Waals surface area (Å²) in [7, 11) is 0. The van der Waals surface area contributed by atoms with Gasteiger partial charge in [0, 0.05) is 12.0 Å². The van der Waals surface area contributed by atoms with Gasteiger partial charge in [-0.1, -0.05) is 41.0 Å². The zero-order chi connectivity index (χ0) is 19.3. The number of esters is 1. The molecule has 3 fully saturated rings. The lowest BCUT2D eigenvalue weighted by Gasteiger charge is -2.54. The van der Waals surface area contributed by atoms with Gasteiger partial charge in [-0.3, -0.25) is 9.59 Å². The first kappa shape index (κ1) is 19.7. The minimum absolute atomic E-state index is 0.0218. The molecule has 1 saturated heterocycles. The van der Waals surface area contributed by atoms with Crippen molar-refractivity contribution in [2.45, 2.75) is 86.2 Å². The van der Waals surface area contributed by atoms with Crippen LogP contribution in [0.2, 0.25) is 0 Å². The molecule has 1 heterocycles. The normalized spacial score (nSPS) is 46.0. The Balaban J connectivity index is 1.79. The van der Waals surface area contributed by atoms with Crippen LogP contribution in [0.15, 0.2) is 0 Å². The standard InChI is InChI=1S/C22H37NO3/c1-14(2)16-8-7-15(3)9-17(16)26-19(25)22(6)11-20(4)10-21(5,12-22)18(24)23-13-20/h14-17H,7-13H2,1-6H3,(H,23,24)/t15-,16+,17-,20+,21-,22-/m1/s1. The van der Waals surface area contributed by atoms with E-state index in [1.165, 1.54) is 6.42 Å². The monoisotopic (exact) mass is 363 g/mol. The van der Waals surface area contributed by atoms with Gasteiger partial charge in [0.2, 0.25) is 5.91 Å². The first-order chi connectivity index (χ1) is 12.0. The number of nitrogens with one attached hydrogen (secondary N) is 1. The van der Waals surface area contributed by atoms with Crippen molar-refractivity contribution in [2.24, 2.45) is 34.0 Å². The Labute approximate surface area is 158 Å². The van der Waals surface area contributed by atoms with Crippen molar-refractivity contribution < 1.29 is 14.3 Å². The smallest absolute Gasteiger partial charge is 0.312 e. The van der Waals surface area contributed by atoms with Gasteiger partial charge in [-0.15, -0.1) is 0 Å². The molecule has 4 heteroatoms. The average Bonchev–Trinajstić information content (AvgIpc) is 2.50. The Hall–Kier alpha value is -1.06. The van der Waals surface area contributed by atoms with Gasteiger partial charge >= 0.3 is 5.97 Å². The van der Waals surface area contributed by atoms with Crippen LogP contribution in [0, 0.1) is 34.0 Å². The van der Waals surface area contributed by atoms with Gasteiger partial charge in [0.1, 0.15) is 6.10 Å². The molecule has 6 atom stereocenters. The fourth-order valence-corrected chi connectivity index (χ4v) is 6.40. The van der Waals surface area contributed by atoms with Crippen molar-refractivity contribution in [1.82, 2.24) is 5.32 Å². The number of hydrogen-bond donors (Lipinski definition) is 1. The summed E-state index contributed by atoms with van der Waals surface area (Å²) in [6, 6.07) is 0. The van der Waals surface area contributed by atoms with E-state index in [-0.39, 0.29) is 23.4 Å². The molecular weight excluding hydrogens is 326 g/mol. The van der Waals surface area contributed by atoms with Gasteiger partial charge in [-0.2, -0.15) is 0 Å². The summed E-state index contributed by atoms with van der Waals surface area (Å²) >= 11 is 0. The van der Waals surface area contributed by atoms with Crippen LogP contribution in [0.25, 0.3) is 0 Å². The SMILES string of the molecule is CC(C)[C@@H]1CC[C@@H](C)C[C@H]1OC(=O)[C@]1(C)C[C@@]2(C)CNC(=O)[C@](C)(C2)C1. The Bertz CT molecular complexity index is 588. The van der Waals surface area contributed by atoms with Crippen molar-refractivity contribution >= 4 is 11.9 Å². The second-order valence-electron chi connectivity index (χ2n) is 10.9. The molecule has 0 aromatic rings. The fourth-order valence-electron chi connectivity index (χ4n) is 6.40. The summed E-state index contributed by atoms with van der Waals surface area (Å²) in [5, 5.41) is 3.06. The van der Waals surface area contributed by atoms with Gasteiger partial charge in [-0.05, 0) is 62.2 Å². The van der Waals surface area contributed by atoms with Crippen molar-refractivity contribution in [3.05, 3.63) is 0 Å². The molecule has 148 valence electrons. The quantitative estimate of drug-likeness (QED) is 0.760. The molecule has 26 heavy (non-hydrogen) atoms. The summed E-state index contributed by atoms with van der Waals surface area (Å²) in [4.78, 5) is 25.8. The van der Waals surface area contributed by atoms with E-state index in [0.29, 0.717) is 30.7 Å². The molecule has 0 aromatic heterocycles. The lowest BCUT2D eigenvalue weighted by Crippen LogP contribution is -2.60. The number of hydrogen-bond acceptors (Lipinski definition) is 3. The number of carbonyl (C=O) groups is 2. The first-order valence-electron chi connectivity index (χ1n) is 10.5. The number of piperidine rings is 1. The Morgan fingerprint density at radius 3 is 2.50 bits per heavy atom. The van der Waals surface area contributed by atoms with Crippen LogP contribution in [-0.2, 0) is 14.3 Å². The number of amides is 1. The second-order valence-corrected chi connectivity index (χ2v) is 10.9. The zero-order valence-corrected chi connectivity index (χ0v) is 17.5. The van der Waals surface area contributed by atoms with Crippen LogP contribution in [0.4, 0.5) is 0 Å². The molecule has 0 spiro atoms. The van der Waals surface area contributed by atoms with Crippen molar-refractivity contribution in [3.63, 3.8) is 0 Å². The highest BCUT2D eigenvalue weighted by molar-refractivity contribution is 5.86. The van der Waals surface area contributed by atoms with Crippen molar-refractivity contribution in [1.29, 1.82) is 0 Å². The number of fused-ring (bicyclic) bond motifs is 2. The fraction of sp³-hybridized carbons (Fsp3) is 0.909. The highest BCUT2D eigenvalue weighted by Crippen LogP contribution is 2.56. The summed E-state index contributed by atoms with van der Waals surface area (Å²) in [6.45, 7) is 13.6. The predicted molar refractivity (Wildman–Crippen MR) is 102 cm³/mol. The summed E-state index contributed by atoms with van der Waals surface area (Å²) in [6.07, 6.45) is 5.62. The highest BCUT2D eigenvalue weighted by atomic mass is 16.5. The minimum Gasteiger partial charge on any atom is -0.462 e. The maximum absolute atomic E-state index is 13.3. The number of rotatable bonds is 3. The Kier molecular flexibility index (Phi) is 4.94. The molecule has 3 aliphatic rings. The summed E-state index contributed by atoms with van der Waals surface area (Å²) in [5.74, 6) is 1.62. The molecule has 2 bridgehead atoms. The number of carbonyl (C=O) groups excluding carboxylic acids is 2. The topological polar surface area (TPSA) is 55.4 Å². The summed E-state index contributed by atoms with van der Waals surface area (Å²) < 4.78 is 6.20. The van der Waals surface area contributed by atoms with Gasteiger partial charge in [0.05, 0.1) is 5.41 Å². The molecule has 2 aliphatic carbocycles. The Morgan fingerprint density at radius 1 is 1.15 bits per heavy atom. The molecule has 3 rings (SSSR count). The zero-order valence-electron chi connectivity index (χ0n) is 17.5. The molecule has 1 amide bonds. The van der Waals surface area contributed by atoms with Crippen LogP contribution < -0.4 is 5.32 Å². The maximum Gasteiger partial charge on any atom is 0.312 e. The highest BCUT2D eigenvalue weighted by Gasteiger charge is 2.58. The van der Waals surface area contributed by atoms with Gasteiger partial charge < -0.3 is 10.1 Å². The van der Waals surface area contributed by atoms with Crippen LogP contribution in [0.1, 0.15) is 80.1 Å². The third-order valence-corrected chi connectivity index (χ3v) is 7.35. The van der Waals surface area contributed by atoms with E-state index in [2.05, 4.69) is 33.0 Å². The molecule has 0 unspecified atom stereocenters. The second kappa shape index (κ2) is 6.53. The van der Waals surface area contributed by atoms with Crippen molar-refractivity contribution in [3.8, 4) is 0 Å². The lowest BCUT2D eigenvalue weighted by molar-refractivity contribution is -0.180. The van der Waals surface area contributed by atoms with Crippen LogP contribution in [0.5, 0.6) is 0 Å². The van der Waals surface area contributed by atoms with E-state index in [4.69, 9.17) is 4.74 Å². The largest absolute Gasteiger partial charge is 0.462 e. The van der Waals surface area contributed by atoms with E-state index >= 15 is 0 Å². The molecule has 0 aromatic carbocycles. The van der Waals surface area contributed by atoms with E-state index in [0.717, 1.165) is 25.7 Å². The van der Waals surface area contributed by atoms with Gasteiger partial charge in [0.15, 0.2) is 0 Å². The van der Waals surface area contributed by atoms with Gasteiger partial charge in [0.25, 0.3) is 0 Å². The van der Waals surface area contributed by atoms with Gasteiger partial charge in [-0.25, -0.2) is 0 Å². The van der Waals surface area contributed by atoms with Crippen molar-refractivity contribution in [2.75, 3.05) is 6.54 Å². The van der Waals surface area contributed by atoms with E-state index in [1.54, 1.807) is 0 Å².